The van der Waals surface area contributed by atoms with E-state index >= 15 is 0 Å². The summed E-state index contributed by atoms with van der Waals surface area (Å²) in [4.78, 5) is 8.46. The van der Waals surface area contributed by atoms with Gasteiger partial charge in [-0.15, -0.1) is 0 Å². The topological polar surface area (TPSA) is 109 Å². The molecule has 1 heterocycles. The van der Waals surface area contributed by atoms with Crippen molar-refractivity contribution in [3.8, 4) is 0 Å². The van der Waals surface area contributed by atoms with E-state index in [-0.39, 0.29) is 16.9 Å². The Morgan fingerprint density at radius 3 is 2.61 bits per heavy atom. The van der Waals surface area contributed by atoms with Gasteiger partial charge >= 0.3 is 0 Å². The van der Waals surface area contributed by atoms with Crippen LogP contribution in [0.25, 0.3) is 0 Å². The molecule has 2 rings (SSSR count). The summed E-state index contributed by atoms with van der Waals surface area (Å²) in [5.74, 6) is 1.87. The highest BCUT2D eigenvalue weighted by atomic mass is 35.5. The average Bonchev–Trinajstić information content (AvgIpc) is 3.10. The number of halogens is 1. The quantitative estimate of drug-likeness (QED) is 0.355. The monoisotopic (exact) mass is 427 g/mol. The fourth-order valence-electron chi connectivity index (χ4n) is 2.20. The van der Waals surface area contributed by atoms with Crippen molar-refractivity contribution < 1.29 is 12.8 Å². The molecular weight excluding hydrogens is 402 g/mol. The van der Waals surface area contributed by atoms with Crippen molar-refractivity contribution in [3.63, 3.8) is 0 Å². The summed E-state index contributed by atoms with van der Waals surface area (Å²) >= 11 is 5.84. The number of benzene rings is 1. The van der Waals surface area contributed by atoms with Crippen molar-refractivity contribution in [2.75, 3.05) is 20.1 Å². The van der Waals surface area contributed by atoms with Gasteiger partial charge in [0.2, 0.25) is 15.9 Å². The van der Waals surface area contributed by atoms with Crippen LogP contribution in [-0.4, -0.2) is 39.5 Å². The molecule has 0 aliphatic heterocycles. The number of guanidine groups is 1. The van der Waals surface area contributed by atoms with Crippen molar-refractivity contribution >= 4 is 27.6 Å². The van der Waals surface area contributed by atoms with Crippen LogP contribution in [0, 0.1) is 0 Å². The maximum atomic E-state index is 12.2. The van der Waals surface area contributed by atoms with Gasteiger partial charge in [0.05, 0.1) is 17.6 Å². The molecule has 1 aromatic heterocycles. The molecule has 154 valence electrons. The fraction of sp³-hybridized carbons (Fsp3) is 0.444. The minimum absolute atomic E-state index is 0.106. The van der Waals surface area contributed by atoms with E-state index < -0.39 is 10.0 Å². The number of nitrogens with zero attached hydrogens (tertiary/aromatic N) is 2. The summed E-state index contributed by atoms with van der Waals surface area (Å²) in [5.41, 5.74) is -0.106. The minimum Gasteiger partial charge on any atom is -0.443 e. The molecule has 1 aromatic carbocycles. The molecule has 0 unspecified atom stereocenters. The molecule has 0 atom stereocenters. The SMILES string of the molecule is CN=C(NCCNS(=O)(=O)c1cccc(Cl)c1)NCc1ncc(C(C)(C)C)o1. The predicted molar refractivity (Wildman–Crippen MR) is 110 cm³/mol. The van der Waals surface area contributed by atoms with Gasteiger partial charge in [0.15, 0.2) is 5.96 Å². The third-order valence-corrected chi connectivity index (χ3v) is 5.43. The summed E-state index contributed by atoms with van der Waals surface area (Å²) in [6.45, 7) is 7.05. The van der Waals surface area contributed by atoms with E-state index in [0.717, 1.165) is 5.76 Å². The summed E-state index contributed by atoms with van der Waals surface area (Å²) in [5, 5.41) is 6.47. The summed E-state index contributed by atoms with van der Waals surface area (Å²) in [7, 11) is -1.99. The molecule has 0 aliphatic carbocycles. The lowest BCUT2D eigenvalue weighted by atomic mass is 9.94. The smallest absolute Gasteiger partial charge is 0.240 e. The molecule has 0 radical (unpaired) electrons. The van der Waals surface area contributed by atoms with Crippen LogP contribution in [-0.2, 0) is 22.0 Å². The molecule has 0 aliphatic rings. The van der Waals surface area contributed by atoms with E-state index in [1.54, 1.807) is 25.4 Å². The Morgan fingerprint density at radius 2 is 2.00 bits per heavy atom. The first-order valence-corrected chi connectivity index (χ1v) is 10.6. The fourth-order valence-corrected chi connectivity index (χ4v) is 3.53. The van der Waals surface area contributed by atoms with Crippen molar-refractivity contribution in [2.24, 2.45) is 4.99 Å². The first-order chi connectivity index (χ1) is 13.1. The second kappa shape index (κ2) is 9.40. The number of aliphatic imine (C=N–C) groups is 1. The molecule has 0 saturated heterocycles. The second-order valence-electron chi connectivity index (χ2n) is 7.08. The highest BCUT2D eigenvalue weighted by Gasteiger charge is 2.19. The third-order valence-electron chi connectivity index (χ3n) is 3.74. The van der Waals surface area contributed by atoms with Gasteiger partial charge in [0, 0.05) is 30.6 Å². The van der Waals surface area contributed by atoms with Gasteiger partial charge in [0.1, 0.15) is 5.76 Å². The zero-order valence-corrected chi connectivity index (χ0v) is 18.0. The van der Waals surface area contributed by atoms with Gasteiger partial charge < -0.3 is 15.1 Å². The van der Waals surface area contributed by atoms with Crippen molar-refractivity contribution in [3.05, 3.63) is 47.1 Å². The van der Waals surface area contributed by atoms with E-state index in [1.807, 2.05) is 0 Å². The Labute approximate surface area is 170 Å². The van der Waals surface area contributed by atoms with Crippen molar-refractivity contribution in [2.45, 2.75) is 37.6 Å². The van der Waals surface area contributed by atoms with Gasteiger partial charge in [-0.05, 0) is 18.2 Å². The summed E-state index contributed by atoms with van der Waals surface area (Å²) in [6, 6.07) is 6.11. The normalized spacial score (nSPS) is 12.8. The average molecular weight is 428 g/mol. The van der Waals surface area contributed by atoms with E-state index in [4.69, 9.17) is 16.0 Å². The van der Waals surface area contributed by atoms with Gasteiger partial charge in [-0.25, -0.2) is 18.1 Å². The first-order valence-electron chi connectivity index (χ1n) is 8.77. The van der Waals surface area contributed by atoms with Crippen LogP contribution < -0.4 is 15.4 Å². The zero-order chi connectivity index (χ0) is 20.8. The van der Waals surface area contributed by atoms with E-state index in [9.17, 15) is 8.42 Å². The molecule has 28 heavy (non-hydrogen) atoms. The van der Waals surface area contributed by atoms with Gasteiger partial charge in [-0.2, -0.15) is 0 Å². The third kappa shape index (κ3) is 6.50. The molecule has 0 fully saturated rings. The first kappa shape index (κ1) is 22.2. The van der Waals surface area contributed by atoms with Crippen LogP contribution >= 0.6 is 11.6 Å². The largest absolute Gasteiger partial charge is 0.443 e. The Balaban J connectivity index is 1.79. The van der Waals surface area contributed by atoms with E-state index in [2.05, 4.69) is 46.1 Å². The van der Waals surface area contributed by atoms with Crippen LogP contribution in [0.15, 0.2) is 44.8 Å². The molecule has 0 saturated carbocycles. The predicted octanol–water partition coefficient (Wildman–Crippen LogP) is 2.27. The number of aromatic nitrogens is 1. The number of nitrogens with one attached hydrogen (secondary N) is 3. The van der Waals surface area contributed by atoms with Crippen LogP contribution in [0.4, 0.5) is 0 Å². The van der Waals surface area contributed by atoms with Crippen molar-refractivity contribution in [1.82, 2.24) is 20.3 Å². The molecule has 10 heteroatoms. The molecule has 0 amide bonds. The molecule has 8 nitrogen and oxygen atoms in total. The molecule has 2 aromatic rings. The van der Waals surface area contributed by atoms with E-state index in [1.165, 1.54) is 12.1 Å². The highest BCUT2D eigenvalue weighted by Crippen LogP contribution is 2.22. The number of sulfonamides is 1. The van der Waals surface area contributed by atoms with Crippen LogP contribution in [0.3, 0.4) is 0 Å². The molecular formula is C18H26ClN5O3S. The Bertz CT molecular complexity index is 919. The van der Waals surface area contributed by atoms with Gasteiger partial charge in [-0.3, -0.25) is 4.99 Å². The zero-order valence-electron chi connectivity index (χ0n) is 16.4. The molecule has 0 spiro atoms. The van der Waals surface area contributed by atoms with Gasteiger partial charge in [0.25, 0.3) is 0 Å². The van der Waals surface area contributed by atoms with Crippen LogP contribution in [0.2, 0.25) is 5.02 Å². The number of oxazole rings is 1. The van der Waals surface area contributed by atoms with Crippen LogP contribution in [0.1, 0.15) is 32.4 Å². The minimum atomic E-state index is -3.61. The number of hydrogen-bond acceptors (Lipinski definition) is 5. The molecule has 0 bridgehead atoms. The maximum absolute atomic E-state index is 12.2. The lowest BCUT2D eigenvalue weighted by Crippen LogP contribution is -2.41. The van der Waals surface area contributed by atoms with E-state index in [0.29, 0.717) is 30.0 Å². The second-order valence-corrected chi connectivity index (χ2v) is 9.28. The maximum Gasteiger partial charge on any atom is 0.240 e. The van der Waals surface area contributed by atoms with Crippen LogP contribution in [0.5, 0.6) is 0 Å². The van der Waals surface area contributed by atoms with Gasteiger partial charge in [-0.1, -0.05) is 38.4 Å². The highest BCUT2D eigenvalue weighted by molar-refractivity contribution is 7.89. The van der Waals surface area contributed by atoms with Crippen molar-refractivity contribution in [1.29, 1.82) is 0 Å². The Hall–Kier alpha value is -2.10. The number of rotatable bonds is 7. The standard InChI is InChI=1S/C18H26ClN5O3S/c1-18(2,3)15-11-22-16(27-15)12-23-17(20-4)21-8-9-24-28(25,26)14-7-5-6-13(19)10-14/h5-7,10-11,24H,8-9,12H2,1-4H3,(H2,20,21,23). The Morgan fingerprint density at radius 1 is 1.25 bits per heavy atom. The summed E-state index contributed by atoms with van der Waals surface area (Å²) in [6.07, 6.45) is 1.72. The Kier molecular flexibility index (Phi) is 7.45. The lowest BCUT2D eigenvalue weighted by Gasteiger charge is -2.13. The number of hydrogen-bond donors (Lipinski definition) is 3. The molecule has 3 N–H and O–H groups in total. The summed E-state index contributed by atoms with van der Waals surface area (Å²) < 4.78 is 32.7. The lowest BCUT2D eigenvalue weighted by molar-refractivity contribution is 0.379.